The van der Waals surface area contributed by atoms with Crippen LogP contribution >= 0.6 is 0 Å². The number of aliphatic carboxylic acids is 2. The smallest absolute Gasteiger partial charge is 0.490 e. The molecule has 1 aromatic heterocycles. The number of phenols is 1. The number of nitrogens with two attached hydrogens (primary N) is 2. The van der Waals surface area contributed by atoms with Gasteiger partial charge in [-0.05, 0) is 69.2 Å². The van der Waals surface area contributed by atoms with E-state index in [2.05, 4.69) is 52.2 Å². The Morgan fingerprint density at radius 3 is 1.85 bits per heavy atom. The molecule has 1 aliphatic heterocycles. The Morgan fingerprint density at radius 2 is 1.36 bits per heavy atom. The molecule has 2 heterocycles. The summed E-state index contributed by atoms with van der Waals surface area (Å²) < 4.78 is 31.7. The largest absolute Gasteiger partial charge is 0.508 e. The molecule has 72 heavy (non-hydrogen) atoms. The molecular weight excluding hydrogens is 960 g/mol. The number of nitrogens with zero attached hydrogens (tertiary/aromatic N) is 3. The molecule has 7 amide bonds. The lowest BCUT2D eigenvalue weighted by molar-refractivity contribution is -0.192. The number of aliphatic imine (C=N–C) groups is 1. The summed E-state index contributed by atoms with van der Waals surface area (Å²) in [5, 5.41) is 45.1. The number of guanidine groups is 1. The Bertz CT molecular complexity index is 2190. The van der Waals surface area contributed by atoms with Crippen LogP contribution in [0.4, 0.5) is 13.2 Å². The van der Waals surface area contributed by atoms with Gasteiger partial charge in [-0.1, -0.05) is 39.8 Å². The molecule has 15 N–H and O–H groups in total. The zero-order valence-electron chi connectivity index (χ0n) is 40.7. The van der Waals surface area contributed by atoms with Gasteiger partial charge in [0.1, 0.15) is 48.0 Å². The fourth-order valence-corrected chi connectivity index (χ4v) is 7.05. The fourth-order valence-electron chi connectivity index (χ4n) is 7.05. The highest BCUT2D eigenvalue weighted by molar-refractivity contribution is 5.98. The van der Waals surface area contributed by atoms with Crippen LogP contribution in [-0.2, 0) is 56.0 Å². The molecule has 25 nitrogen and oxygen atoms in total. The van der Waals surface area contributed by atoms with Gasteiger partial charge in [-0.15, -0.1) is 0 Å². The van der Waals surface area contributed by atoms with E-state index >= 15 is 0 Å². The average molecular weight is 1030 g/mol. The van der Waals surface area contributed by atoms with Gasteiger partial charge in [-0.25, -0.2) is 9.78 Å². The first-order chi connectivity index (χ1) is 33.7. The zero-order valence-corrected chi connectivity index (χ0v) is 40.7. The van der Waals surface area contributed by atoms with Gasteiger partial charge in [-0.3, -0.25) is 43.3 Å². The van der Waals surface area contributed by atoms with Gasteiger partial charge >= 0.3 is 18.1 Å². The third kappa shape index (κ3) is 20.4. The normalized spacial score (nSPS) is 15.8. The first kappa shape index (κ1) is 60.6. The van der Waals surface area contributed by atoms with Gasteiger partial charge in [0, 0.05) is 37.8 Å². The first-order valence-electron chi connectivity index (χ1n) is 22.8. The van der Waals surface area contributed by atoms with Crippen LogP contribution in [0.5, 0.6) is 5.75 Å². The van der Waals surface area contributed by atoms with Gasteiger partial charge in [0.15, 0.2) is 5.96 Å². The second kappa shape index (κ2) is 29.0. The monoisotopic (exact) mass is 1030 g/mol. The number of hydrogen-bond donors (Lipinski definition) is 13. The van der Waals surface area contributed by atoms with Crippen molar-refractivity contribution in [1.29, 1.82) is 0 Å². The van der Waals surface area contributed by atoms with Gasteiger partial charge in [0.25, 0.3) is 0 Å². The number of imidazole rings is 1. The molecule has 1 aliphatic rings. The van der Waals surface area contributed by atoms with E-state index in [1.807, 2.05) is 0 Å². The van der Waals surface area contributed by atoms with E-state index < -0.39 is 114 Å². The van der Waals surface area contributed by atoms with Crippen LogP contribution in [-0.4, -0.2) is 165 Å². The zero-order chi connectivity index (χ0) is 54.5. The summed E-state index contributed by atoms with van der Waals surface area (Å²) >= 11 is 0. The number of aromatic nitrogens is 2. The van der Waals surface area contributed by atoms with E-state index in [0.717, 1.165) is 0 Å². The number of benzene rings is 1. The van der Waals surface area contributed by atoms with Crippen LogP contribution in [0.2, 0.25) is 0 Å². The summed E-state index contributed by atoms with van der Waals surface area (Å²) in [6, 6.07) is -2.43. The summed E-state index contributed by atoms with van der Waals surface area (Å²) in [6.45, 7) is 8.27. The Morgan fingerprint density at radius 1 is 0.806 bits per heavy atom. The number of aromatic amines is 1. The number of alkyl halides is 3. The summed E-state index contributed by atoms with van der Waals surface area (Å²) in [6.07, 6.45) is -1.25. The highest BCUT2D eigenvalue weighted by Crippen LogP contribution is 2.21. The van der Waals surface area contributed by atoms with Gasteiger partial charge < -0.3 is 73.9 Å². The first-order valence-corrected chi connectivity index (χ1v) is 22.8. The number of carboxylic acid groups (broad SMARTS) is 2. The van der Waals surface area contributed by atoms with Crippen molar-refractivity contribution < 1.29 is 71.6 Å². The number of H-pyrrole nitrogens is 1. The second-order valence-corrected chi connectivity index (χ2v) is 17.4. The number of phenolic OH excluding ortho intramolecular Hbond substituents is 1. The maximum absolute atomic E-state index is 14.3. The van der Waals surface area contributed by atoms with E-state index in [9.17, 15) is 61.7 Å². The number of carbonyl (C=O) groups is 9. The number of likely N-dealkylation sites (N-methyl/N-ethyl adjacent to an activating group) is 1. The predicted octanol–water partition coefficient (Wildman–Crippen LogP) is -1.88. The van der Waals surface area contributed by atoms with E-state index in [1.165, 1.54) is 36.5 Å². The molecule has 7 unspecified atom stereocenters. The molecule has 2 aromatic rings. The lowest BCUT2D eigenvalue weighted by Gasteiger charge is -2.31. The molecule has 0 bridgehead atoms. The van der Waals surface area contributed by atoms with Crippen LogP contribution in [0, 0.1) is 11.8 Å². The Hall–Kier alpha value is -7.52. The second-order valence-electron chi connectivity index (χ2n) is 17.4. The summed E-state index contributed by atoms with van der Waals surface area (Å²) in [5.74, 6) is -9.96. The van der Waals surface area contributed by atoms with Crippen molar-refractivity contribution in [2.24, 2.45) is 28.3 Å². The molecule has 1 saturated heterocycles. The Labute approximate surface area is 412 Å². The van der Waals surface area contributed by atoms with E-state index in [-0.39, 0.29) is 57.0 Å². The third-order valence-electron chi connectivity index (χ3n) is 10.8. The minimum absolute atomic E-state index is 0.0393. The number of carboxylic acids is 2. The lowest BCUT2D eigenvalue weighted by atomic mass is 9.98. The van der Waals surface area contributed by atoms with Crippen molar-refractivity contribution >= 4 is 59.2 Å². The van der Waals surface area contributed by atoms with E-state index in [0.29, 0.717) is 24.1 Å². The molecule has 3 rings (SSSR count). The Kier molecular flexibility index (Phi) is 24.4. The Balaban J connectivity index is 0.00000235. The molecule has 1 aromatic carbocycles. The molecule has 0 aliphatic carbocycles. The number of nitrogens with one attached hydrogen (secondary N) is 8. The number of likely N-dealkylation sites (tertiary alicyclic amines) is 1. The van der Waals surface area contributed by atoms with Crippen molar-refractivity contribution in [2.45, 2.75) is 122 Å². The van der Waals surface area contributed by atoms with Crippen molar-refractivity contribution in [1.82, 2.24) is 52.1 Å². The highest BCUT2D eigenvalue weighted by Gasteiger charge is 2.41. The third-order valence-corrected chi connectivity index (χ3v) is 10.8. The number of carbonyl (C=O) groups excluding carboxylic acids is 7. The van der Waals surface area contributed by atoms with Crippen LogP contribution in [0.25, 0.3) is 0 Å². The average Bonchev–Trinajstić information content (AvgIpc) is 4.01. The summed E-state index contributed by atoms with van der Waals surface area (Å²) in [4.78, 5) is 129. The molecule has 400 valence electrons. The van der Waals surface area contributed by atoms with E-state index in [4.69, 9.17) is 21.4 Å². The SMILES string of the molecule is CNCC(=O)NC(CCCN=C(N)N)C(=O)NC(C(=O)NC(Cc1ccc(O)cc1)C(=O)NC(C(=O)NC(Cc1cnc[nH]1)C(=O)N1CCCC1C(=O)NC(C)C(=O)O)C(C)C)C(C)C.O=C(O)C(F)(F)F. The number of amides is 7. The minimum atomic E-state index is -5.08. The molecule has 0 spiro atoms. The van der Waals surface area contributed by atoms with Crippen LogP contribution in [0.3, 0.4) is 0 Å². The lowest BCUT2D eigenvalue weighted by Crippen LogP contribution is -2.61. The van der Waals surface area contributed by atoms with Crippen LogP contribution < -0.4 is 48.7 Å². The van der Waals surface area contributed by atoms with Crippen molar-refractivity contribution in [2.75, 3.05) is 26.7 Å². The minimum Gasteiger partial charge on any atom is -0.508 e. The number of hydrogen-bond acceptors (Lipinski definition) is 13. The number of rotatable bonds is 25. The maximum atomic E-state index is 14.3. The molecule has 0 saturated carbocycles. The molecular formula is C44H66F3N13O12. The molecule has 0 radical (unpaired) electrons. The highest BCUT2D eigenvalue weighted by atomic mass is 19.4. The van der Waals surface area contributed by atoms with Gasteiger partial charge in [0.2, 0.25) is 41.4 Å². The standard InChI is InChI=1S/C42H65N13O10.C2HF3O2/c1-22(2)33(53-35(58)28(50-32(57)20-45-6)9-7-15-47-42(43)44)38(61)51-29(17-25-11-13-27(56)14-12-25)36(59)54-34(23(3)4)39(62)52-30(18-26-19-46-21-48-26)40(63)55-16-8-10-31(55)37(60)49-24(5)41(64)65;3-2(4,5)1(6)7/h11-14,19,21-24,28-31,33-34,45,56H,7-10,15-18,20H2,1-6H3,(H,46,48)(H,49,60)(H,50,57)(H,51,61)(H,52,62)(H,53,58)(H,54,59)(H,64,65)(H4,43,44,47);(H,6,7). The summed E-state index contributed by atoms with van der Waals surface area (Å²) in [5.41, 5.74) is 11.9. The van der Waals surface area contributed by atoms with Gasteiger partial charge in [0.05, 0.1) is 12.9 Å². The van der Waals surface area contributed by atoms with Crippen molar-refractivity contribution in [3.63, 3.8) is 0 Å². The topological polar surface area (TPSA) is 395 Å². The van der Waals surface area contributed by atoms with Gasteiger partial charge in [-0.2, -0.15) is 13.2 Å². The van der Waals surface area contributed by atoms with Crippen molar-refractivity contribution in [3.05, 3.63) is 48.0 Å². The summed E-state index contributed by atoms with van der Waals surface area (Å²) in [7, 11) is 1.57. The molecule has 7 atom stereocenters. The maximum Gasteiger partial charge on any atom is 0.490 e. The fraction of sp³-hybridized carbons (Fsp3) is 0.568. The number of aromatic hydroxyl groups is 1. The predicted molar refractivity (Wildman–Crippen MR) is 251 cm³/mol. The molecule has 28 heteroatoms. The number of halogens is 3. The molecule has 1 fully saturated rings. The van der Waals surface area contributed by atoms with Crippen LogP contribution in [0.15, 0.2) is 41.8 Å². The van der Waals surface area contributed by atoms with E-state index in [1.54, 1.807) is 46.9 Å². The van der Waals surface area contributed by atoms with Crippen molar-refractivity contribution in [3.8, 4) is 5.75 Å². The van der Waals surface area contributed by atoms with Crippen LogP contribution in [0.1, 0.15) is 71.6 Å². The quantitative estimate of drug-likeness (QED) is 0.0294.